The molecule has 2 N–H and O–H groups in total. The van der Waals surface area contributed by atoms with Crippen LogP contribution in [0.2, 0.25) is 0 Å². The summed E-state index contributed by atoms with van der Waals surface area (Å²) >= 11 is 1.58. The van der Waals surface area contributed by atoms with Gasteiger partial charge in [-0.25, -0.2) is 9.78 Å². The Morgan fingerprint density at radius 2 is 1.89 bits per heavy atom. The van der Waals surface area contributed by atoms with Crippen molar-refractivity contribution < 1.29 is 9.59 Å². The Morgan fingerprint density at radius 3 is 2.68 bits per heavy atom. The number of nitrogens with one attached hydrogen (secondary N) is 2. The van der Waals surface area contributed by atoms with Crippen molar-refractivity contribution in [2.75, 3.05) is 32.7 Å². The van der Waals surface area contributed by atoms with Crippen molar-refractivity contribution >= 4 is 23.3 Å². The summed E-state index contributed by atoms with van der Waals surface area (Å²) in [7, 11) is 0. The van der Waals surface area contributed by atoms with E-state index < -0.39 is 0 Å². The first-order chi connectivity index (χ1) is 18.1. The number of likely N-dealkylation sites (tertiary alicyclic amines) is 2. The number of piperidine rings is 1. The number of hydrogen-bond donors (Lipinski definition) is 2. The maximum Gasteiger partial charge on any atom is 0.317 e. The van der Waals surface area contributed by atoms with Gasteiger partial charge in [-0.05, 0) is 56.9 Å². The number of carbonyl (C=O) groups excluding carboxylic acids is 2. The molecule has 2 aliphatic heterocycles. The third-order valence-electron chi connectivity index (χ3n) is 7.85. The molecule has 2 fully saturated rings. The number of carbonyl (C=O) groups is 2. The van der Waals surface area contributed by atoms with Gasteiger partial charge in [0.25, 0.3) is 5.91 Å². The highest BCUT2D eigenvalue weighted by molar-refractivity contribution is 7.09. The third-order valence-corrected chi connectivity index (χ3v) is 8.86. The first-order valence-corrected chi connectivity index (χ1v) is 14.8. The Balaban J connectivity index is 1.03. The molecule has 2 aromatic rings. The Morgan fingerprint density at radius 1 is 1.05 bits per heavy atom. The molecular formula is C29H39N5O2S. The monoisotopic (exact) mass is 521 g/mol. The normalized spacial score (nSPS) is 21.0. The van der Waals surface area contributed by atoms with Crippen LogP contribution in [0.15, 0.2) is 47.4 Å². The predicted octanol–water partition coefficient (Wildman–Crippen LogP) is 4.93. The molecule has 2 saturated heterocycles. The standard InChI is InChI=1S/C29H39N5O2S/c35-27(31-25-14-16-33(20-25)19-23-9-5-2-6-10-23)26-21-37-28(32-26)24-12-17-34(18-13-24)29(36)30-15-11-22-7-3-1-4-8-22/h2,5-7,9-10,21,24-25H,1,3-4,8,11-20H2,(H,30,36)(H,31,35). The van der Waals surface area contributed by atoms with Gasteiger partial charge < -0.3 is 15.5 Å². The molecule has 0 saturated carbocycles. The topological polar surface area (TPSA) is 77.6 Å². The van der Waals surface area contributed by atoms with Gasteiger partial charge in [-0.15, -0.1) is 11.3 Å². The summed E-state index contributed by atoms with van der Waals surface area (Å²) in [6.07, 6.45) is 11.0. The summed E-state index contributed by atoms with van der Waals surface area (Å²) in [5, 5.41) is 9.20. The maximum atomic E-state index is 12.9. The van der Waals surface area contributed by atoms with E-state index in [-0.39, 0.29) is 18.0 Å². The smallest absolute Gasteiger partial charge is 0.317 e. The molecule has 0 radical (unpaired) electrons. The number of rotatable bonds is 8. The predicted molar refractivity (Wildman–Crippen MR) is 148 cm³/mol. The molecule has 3 heterocycles. The van der Waals surface area contributed by atoms with Crippen LogP contribution in [0, 0.1) is 0 Å². The highest BCUT2D eigenvalue weighted by Gasteiger charge is 2.28. The minimum atomic E-state index is -0.0704. The van der Waals surface area contributed by atoms with Crippen LogP contribution in [0.25, 0.3) is 0 Å². The van der Waals surface area contributed by atoms with Gasteiger partial charge in [0.1, 0.15) is 5.69 Å². The van der Waals surface area contributed by atoms with E-state index >= 15 is 0 Å². The fourth-order valence-corrected chi connectivity index (χ4v) is 6.65. The van der Waals surface area contributed by atoms with Gasteiger partial charge in [-0.2, -0.15) is 0 Å². The number of aromatic nitrogens is 1. The van der Waals surface area contributed by atoms with Gasteiger partial charge in [0.05, 0.1) is 5.01 Å². The Kier molecular flexibility index (Phi) is 8.89. The van der Waals surface area contributed by atoms with Gasteiger partial charge in [0.15, 0.2) is 0 Å². The fourth-order valence-electron chi connectivity index (χ4n) is 5.68. The lowest BCUT2D eigenvalue weighted by Crippen LogP contribution is -2.44. The minimum absolute atomic E-state index is 0.0481. The van der Waals surface area contributed by atoms with Crippen LogP contribution in [0.1, 0.15) is 78.3 Å². The van der Waals surface area contributed by atoms with Crippen molar-refractivity contribution in [3.8, 4) is 0 Å². The highest BCUT2D eigenvalue weighted by Crippen LogP contribution is 2.30. The van der Waals surface area contributed by atoms with Gasteiger partial charge in [-0.1, -0.05) is 42.0 Å². The molecule has 1 atom stereocenters. The zero-order valence-corrected chi connectivity index (χ0v) is 22.5. The van der Waals surface area contributed by atoms with Crippen LogP contribution < -0.4 is 10.6 Å². The number of thiazole rings is 1. The minimum Gasteiger partial charge on any atom is -0.347 e. The van der Waals surface area contributed by atoms with Crippen molar-refractivity contribution in [1.29, 1.82) is 0 Å². The number of nitrogens with zero attached hydrogens (tertiary/aromatic N) is 3. The fraction of sp³-hybridized carbons (Fsp3) is 0.552. The van der Waals surface area contributed by atoms with Crippen molar-refractivity contribution in [2.24, 2.45) is 0 Å². The van der Waals surface area contributed by atoms with Crippen LogP contribution in [-0.2, 0) is 6.54 Å². The molecule has 1 aromatic carbocycles. The summed E-state index contributed by atoms with van der Waals surface area (Å²) in [5.41, 5.74) is 3.32. The Hall–Kier alpha value is -2.71. The molecule has 8 heteroatoms. The Bertz CT molecular complexity index is 1080. The van der Waals surface area contributed by atoms with Gasteiger partial charge in [0, 0.05) is 56.6 Å². The van der Waals surface area contributed by atoms with Crippen molar-refractivity contribution in [1.82, 2.24) is 25.4 Å². The molecule has 1 unspecified atom stereocenters. The van der Waals surface area contributed by atoms with E-state index in [9.17, 15) is 9.59 Å². The number of amides is 3. The second-order valence-corrected chi connectivity index (χ2v) is 11.5. The molecule has 3 aliphatic rings. The Labute approximate surface area is 224 Å². The van der Waals surface area contributed by atoms with Gasteiger partial charge in [-0.3, -0.25) is 9.69 Å². The van der Waals surface area contributed by atoms with E-state index in [2.05, 4.69) is 45.9 Å². The molecule has 37 heavy (non-hydrogen) atoms. The molecule has 0 bridgehead atoms. The zero-order valence-electron chi connectivity index (χ0n) is 21.7. The van der Waals surface area contributed by atoms with Crippen molar-refractivity contribution in [3.05, 3.63) is 63.6 Å². The van der Waals surface area contributed by atoms with Crippen LogP contribution in [0.3, 0.4) is 0 Å². The van der Waals surface area contributed by atoms with E-state index in [0.717, 1.165) is 70.0 Å². The van der Waals surface area contributed by atoms with Gasteiger partial charge in [0.2, 0.25) is 0 Å². The summed E-state index contributed by atoms with van der Waals surface area (Å²) in [4.78, 5) is 34.5. The largest absolute Gasteiger partial charge is 0.347 e. The van der Waals surface area contributed by atoms with E-state index in [4.69, 9.17) is 4.98 Å². The van der Waals surface area contributed by atoms with Crippen LogP contribution in [0.5, 0.6) is 0 Å². The molecule has 7 nitrogen and oxygen atoms in total. The average Bonchev–Trinajstić information content (AvgIpc) is 3.60. The van der Waals surface area contributed by atoms with E-state index in [1.165, 1.54) is 36.8 Å². The molecule has 0 spiro atoms. The van der Waals surface area contributed by atoms with Crippen LogP contribution in [-0.4, -0.2) is 65.5 Å². The maximum absolute atomic E-state index is 12.9. The lowest BCUT2D eigenvalue weighted by atomic mass is 9.97. The summed E-state index contributed by atoms with van der Waals surface area (Å²) < 4.78 is 0. The van der Waals surface area contributed by atoms with Crippen molar-refractivity contribution in [3.63, 3.8) is 0 Å². The number of urea groups is 1. The first-order valence-electron chi connectivity index (χ1n) is 13.9. The van der Waals surface area contributed by atoms with Crippen LogP contribution in [0.4, 0.5) is 4.79 Å². The second kappa shape index (κ2) is 12.7. The summed E-state index contributed by atoms with van der Waals surface area (Å²) in [6, 6.07) is 10.7. The molecule has 3 amide bonds. The van der Waals surface area contributed by atoms with Gasteiger partial charge >= 0.3 is 6.03 Å². The molecular weight excluding hydrogens is 482 g/mol. The molecule has 5 rings (SSSR count). The molecule has 198 valence electrons. The zero-order chi connectivity index (χ0) is 25.5. The lowest BCUT2D eigenvalue weighted by molar-refractivity contribution is 0.0933. The van der Waals surface area contributed by atoms with Crippen molar-refractivity contribution in [2.45, 2.75) is 69.9 Å². The highest BCUT2D eigenvalue weighted by atomic mass is 32.1. The van der Waals surface area contributed by atoms with Crippen LogP contribution >= 0.6 is 11.3 Å². The third kappa shape index (κ3) is 7.20. The number of hydrogen-bond acceptors (Lipinski definition) is 5. The number of allylic oxidation sites excluding steroid dienone is 1. The van der Waals surface area contributed by atoms with E-state index in [1.807, 2.05) is 16.3 Å². The SMILES string of the molecule is O=C(NC1CCN(Cc2ccccc2)C1)c1csc(C2CCN(C(=O)NCCC3=CCCCC3)CC2)n1. The summed E-state index contributed by atoms with van der Waals surface area (Å²) in [5.74, 6) is 0.245. The molecule has 1 aliphatic carbocycles. The second-order valence-electron chi connectivity index (χ2n) is 10.6. The average molecular weight is 522 g/mol. The lowest BCUT2D eigenvalue weighted by Gasteiger charge is -2.31. The van der Waals surface area contributed by atoms with E-state index in [0.29, 0.717) is 11.6 Å². The number of benzene rings is 1. The van der Waals surface area contributed by atoms with E-state index in [1.54, 1.807) is 11.3 Å². The quantitative estimate of drug-likeness (QED) is 0.483. The summed E-state index contributed by atoms with van der Waals surface area (Å²) in [6.45, 7) is 4.98. The molecule has 1 aromatic heterocycles. The first kappa shape index (κ1) is 25.9.